The Hall–Kier alpha value is -2.32. The van der Waals surface area contributed by atoms with Gasteiger partial charge in [0.15, 0.2) is 0 Å². The Balaban J connectivity index is 2.01. The Labute approximate surface area is 138 Å². The zero-order valence-electron chi connectivity index (χ0n) is 13.9. The second-order valence-electron chi connectivity index (χ2n) is 7.17. The van der Waals surface area contributed by atoms with Crippen LogP contribution in [0.3, 0.4) is 0 Å². The van der Waals surface area contributed by atoms with Crippen molar-refractivity contribution in [1.82, 2.24) is 4.57 Å². The van der Waals surface area contributed by atoms with E-state index in [4.69, 9.17) is 0 Å². The first-order valence-corrected chi connectivity index (χ1v) is 11.6. The van der Waals surface area contributed by atoms with Crippen LogP contribution >= 0.6 is 0 Å². The lowest BCUT2D eigenvalue weighted by atomic mass is 10.2. The SMILES string of the molecule is C[Si](C)(C)c1ccc(-n2c3ccccc3c3ccccc32)cc1. The van der Waals surface area contributed by atoms with Crippen LogP contribution in [0.25, 0.3) is 27.5 Å². The fraction of sp³-hybridized carbons (Fsp3) is 0.143. The summed E-state index contributed by atoms with van der Waals surface area (Å²) in [6, 6.07) is 26.5. The summed E-state index contributed by atoms with van der Waals surface area (Å²) in [4.78, 5) is 0. The van der Waals surface area contributed by atoms with Crippen LogP contribution in [0.4, 0.5) is 0 Å². The molecule has 0 spiro atoms. The second kappa shape index (κ2) is 5.10. The van der Waals surface area contributed by atoms with Crippen molar-refractivity contribution in [2.24, 2.45) is 0 Å². The Kier molecular flexibility index (Phi) is 3.17. The molecule has 2 heteroatoms. The predicted octanol–water partition coefficient (Wildman–Crippen LogP) is 5.33. The molecule has 0 unspecified atom stereocenters. The molecule has 0 amide bonds. The van der Waals surface area contributed by atoms with E-state index in [1.54, 1.807) is 0 Å². The van der Waals surface area contributed by atoms with Gasteiger partial charge in [-0.2, -0.15) is 0 Å². The molecule has 3 aromatic carbocycles. The third kappa shape index (κ3) is 2.30. The molecule has 0 atom stereocenters. The van der Waals surface area contributed by atoms with Gasteiger partial charge in [-0.25, -0.2) is 0 Å². The van der Waals surface area contributed by atoms with Gasteiger partial charge in [0.2, 0.25) is 0 Å². The second-order valence-corrected chi connectivity index (χ2v) is 12.2. The van der Waals surface area contributed by atoms with Gasteiger partial charge in [0.1, 0.15) is 0 Å². The normalized spacial score (nSPS) is 12.1. The minimum atomic E-state index is -1.26. The number of para-hydroxylation sites is 2. The van der Waals surface area contributed by atoms with Gasteiger partial charge >= 0.3 is 0 Å². The van der Waals surface area contributed by atoms with Crippen LogP contribution < -0.4 is 5.19 Å². The van der Waals surface area contributed by atoms with E-state index < -0.39 is 8.07 Å². The maximum atomic E-state index is 2.39. The third-order valence-corrected chi connectivity index (χ3v) is 6.64. The molecule has 4 rings (SSSR count). The lowest BCUT2D eigenvalue weighted by Gasteiger charge is -2.17. The predicted molar refractivity (Wildman–Crippen MR) is 104 cm³/mol. The van der Waals surface area contributed by atoms with Crippen LogP contribution in [0.2, 0.25) is 19.6 Å². The van der Waals surface area contributed by atoms with Gasteiger partial charge in [0, 0.05) is 16.5 Å². The summed E-state index contributed by atoms with van der Waals surface area (Å²) >= 11 is 0. The number of rotatable bonds is 2. The molecule has 0 radical (unpaired) electrons. The Bertz CT molecular complexity index is 935. The van der Waals surface area contributed by atoms with E-state index in [9.17, 15) is 0 Å². The van der Waals surface area contributed by atoms with Crippen molar-refractivity contribution in [3.05, 3.63) is 72.8 Å². The molecule has 0 aliphatic rings. The standard InChI is InChI=1S/C21H21NSi/c1-23(2,3)17-14-12-16(13-15-17)22-20-10-6-4-8-18(20)19-9-5-7-11-21(19)22/h4-15H,1-3H3. The van der Waals surface area contributed by atoms with Crippen LogP contribution in [0.1, 0.15) is 0 Å². The molecular formula is C21H21NSi. The zero-order valence-corrected chi connectivity index (χ0v) is 14.9. The lowest BCUT2D eigenvalue weighted by molar-refractivity contribution is 1.18. The van der Waals surface area contributed by atoms with Crippen LogP contribution in [0.5, 0.6) is 0 Å². The van der Waals surface area contributed by atoms with E-state index >= 15 is 0 Å². The van der Waals surface area contributed by atoms with Gasteiger partial charge in [0.05, 0.1) is 19.1 Å². The molecule has 1 aromatic heterocycles. The molecule has 0 fully saturated rings. The van der Waals surface area contributed by atoms with Crippen molar-refractivity contribution in [2.45, 2.75) is 19.6 Å². The van der Waals surface area contributed by atoms with Crippen LogP contribution in [0, 0.1) is 0 Å². The zero-order chi connectivity index (χ0) is 16.0. The van der Waals surface area contributed by atoms with Crippen LogP contribution in [-0.4, -0.2) is 12.6 Å². The number of fused-ring (bicyclic) bond motifs is 3. The number of aromatic nitrogens is 1. The van der Waals surface area contributed by atoms with Crippen molar-refractivity contribution in [3.8, 4) is 5.69 Å². The molecule has 0 aliphatic carbocycles. The first-order valence-electron chi connectivity index (χ1n) is 8.15. The topological polar surface area (TPSA) is 4.93 Å². The summed E-state index contributed by atoms with van der Waals surface area (Å²) in [5, 5.41) is 4.14. The van der Waals surface area contributed by atoms with Gasteiger partial charge in [-0.1, -0.05) is 73.4 Å². The van der Waals surface area contributed by atoms with Crippen LogP contribution in [0.15, 0.2) is 72.8 Å². The molecule has 0 aliphatic heterocycles. The Morgan fingerprint density at radius 2 is 1.09 bits per heavy atom. The number of nitrogens with zero attached hydrogens (tertiary/aromatic N) is 1. The Morgan fingerprint density at radius 1 is 0.609 bits per heavy atom. The minimum Gasteiger partial charge on any atom is -0.309 e. The van der Waals surface area contributed by atoms with E-state index in [1.165, 1.54) is 32.7 Å². The maximum absolute atomic E-state index is 2.39. The first kappa shape index (κ1) is 14.3. The van der Waals surface area contributed by atoms with Gasteiger partial charge in [-0.05, 0) is 24.3 Å². The molecule has 114 valence electrons. The highest BCUT2D eigenvalue weighted by molar-refractivity contribution is 6.88. The summed E-state index contributed by atoms with van der Waals surface area (Å²) in [5.74, 6) is 0. The fourth-order valence-corrected chi connectivity index (χ4v) is 4.48. The average molecular weight is 315 g/mol. The highest BCUT2D eigenvalue weighted by Gasteiger charge is 2.16. The molecule has 0 saturated carbocycles. The highest BCUT2D eigenvalue weighted by atomic mass is 28.3. The van der Waals surface area contributed by atoms with E-state index in [0.29, 0.717) is 0 Å². The Morgan fingerprint density at radius 3 is 1.57 bits per heavy atom. The molecular weight excluding hydrogens is 294 g/mol. The first-order chi connectivity index (χ1) is 11.1. The lowest BCUT2D eigenvalue weighted by Crippen LogP contribution is -2.37. The van der Waals surface area contributed by atoms with Crippen LogP contribution in [-0.2, 0) is 0 Å². The third-order valence-electron chi connectivity index (χ3n) is 4.57. The summed E-state index contributed by atoms with van der Waals surface area (Å²) < 4.78 is 2.37. The van der Waals surface area contributed by atoms with Crippen molar-refractivity contribution < 1.29 is 0 Å². The largest absolute Gasteiger partial charge is 0.309 e. The van der Waals surface area contributed by atoms with Gasteiger partial charge in [0.25, 0.3) is 0 Å². The number of benzene rings is 3. The summed E-state index contributed by atoms with van der Waals surface area (Å²) in [6.45, 7) is 7.17. The highest BCUT2D eigenvalue weighted by Crippen LogP contribution is 2.31. The van der Waals surface area contributed by atoms with Crippen molar-refractivity contribution in [3.63, 3.8) is 0 Å². The maximum Gasteiger partial charge on any atom is 0.0775 e. The van der Waals surface area contributed by atoms with Gasteiger partial charge in [-0.15, -0.1) is 0 Å². The van der Waals surface area contributed by atoms with Gasteiger partial charge in [-0.3, -0.25) is 0 Å². The molecule has 1 heterocycles. The quantitative estimate of drug-likeness (QED) is 0.441. The molecule has 4 aromatic rings. The smallest absolute Gasteiger partial charge is 0.0775 e. The van der Waals surface area contributed by atoms with E-state index in [2.05, 4.69) is 97.0 Å². The molecule has 0 N–H and O–H groups in total. The van der Waals surface area contributed by atoms with E-state index in [-0.39, 0.29) is 0 Å². The molecule has 0 bridgehead atoms. The fourth-order valence-electron chi connectivity index (χ4n) is 3.31. The molecule has 0 saturated heterocycles. The molecule has 1 nitrogen and oxygen atoms in total. The van der Waals surface area contributed by atoms with Gasteiger partial charge < -0.3 is 4.57 Å². The number of hydrogen-bond acceptors (Lipinski definition) is 0. The average Bonchev–Trinajstić information content (AvgIpc) is 2.89. The van der Waals surface area contributed by atoms with E-state index in [1.807, 2.05) is 0 Å². The summed E-state index contributed by atoms with van der Waals surface area (Å²) in [7, 11) is -1.26. The van der Waals surface area contributed by atoms with Crippen molar-refractivity contribution >= 4 is 35.1 Å². The monoisotopic (exact) mass is 315 g/mol. The van der Waals surface area contributed by atoms with Crippen molar-refractivity contribution in [1.29, 1.82) is 0 Å². The van der Waals surface area contributed by atoms with E-state index in [0.717, 1.165) is 0 Å². The summed E-state index contributed by atoms with van der Waals surface area (Å²) in [5.41, 5.74) is 3.79. The summed E-state index contributed by atoms with van der Waals surface area (Å²) in [6.07, 6.45) is 0. The minimum absolute atomic E-state index is 1.24. The van der Waals surface area contributed by atoms with Crippen molar-refractivity contribution in [2.75, 3.05) is 0 Å². The molecule has 23 heavy (non-hydrogen) atoms. The number of hydrogen-bond donors (Lipinski definition) is 0.